The van der Waals surface area contributed by atoms with Crippen molar-refractivity contribution in [1.29, 1.82) is 0 Å². The lowest BCUT2D eigenvalue weighted by atomic mass is 9.97. The first-order valence-corrected chi connectivity index (χ1v) is 11.3. The van der Waals surface area contributed by atoms with Gasteiger partial charge in [-0.05, 0) is 60.6 Å². The van der Waals surface area contributed by atoms with Crippen LogP contribution >= 0.6 is 0 Å². The minimum absolute atomic E-state index is 0.459. The van der Waals surface area contributed by atoms with Gasteiger partial charge in [-0.1, -0.05) is 73.3 Å². The van der Waals surface area contributed by atoms with Crippen LogP contribution in [0.3, 0.4) is 0 Å². The number of allylic oxidation sites excluding steroid dienone is 2. The number of carboxylic acids is 1. The molecular formula is C29H33NO3. The van der Waals surface area contributed by atoms with Gasteiger partial charge in [0.15, 0.2) is 0 Å². The van der Waals surface area contributed by atoms with E-state index in [1.807, 2.05) is 26.0 Å². The molecule has 0 unspecified atom stereocenters. The van der Waals surface area contributed by atoms with Gasteiger partial charge in [-0.3, -0.25) is 4.90 Å². The molecule has 0 spiro atoms. The topological polar surface area (TPSA) is 49.8 Å². The number of benzene rings is 2. The van der Waals surface area contributed by atoms with E-state index in [0.29, 0.717) is 31.0 Å². The molecule has 0 bridgehead atoms. The molecule has 33 heavy (non-hydrogen) atoms. The summed E-state index contributed by atoms with van der Waals surface area (Å²) in [6, 6.07) is 16.7. The van der Waals surface area contributed by atoms with Crippen molar-refractivity contribution in [2.45, 2.75) is 33.8 Å². The Morgan fingerprint density at radius 1 is 1.18 bits per heavy atom. The fraction of sp³-hybridized carbons (Fsp3) is 0.276. The standard InChI is InChI=1S/C29H33NO3/c1-5-24(18-30-16-10-14-26(19-30)29(31)32)17-21(2)23(4)33-20-27-13-9-15-28(22(27)3)25-11-7-6-8-12-25/h5-9,11-15,17H,4,10,16,18-20H2,1-3H3,(H,31,32)/b21-17-,24-5+. The predicted molar refractivity (Wildman–Crippen MR) is 135 cm³/mol. The molecule has 0 radical (unpaired) electrons. The molecule has 0 amide bonds. The van der Waals surface area contributed by atoms with Gasteiger partial charge in [0, 0.05) is 25.2 Å². The van der Waals surface area contributed by atoms with Crippen LogP contribution in [0.25, 0.3) is 11.1 Å². The smallest absolute Gasteiger partial charge is 0.332 e. The molecule has 0 atom stereocenters. The van der Waals surface area contributed by atoms with Crippen molar-refractivity contribution in [3.63, 3.8) is 0 Å². The predicted octanol–water partition coefficient (Wildman–Crippen LogP) is 6.30. The Hall–Kier alpha value is -3.37. The number of carboxylic acid groups (broad SMARTS) is 1. The average molecular weight is 444 g/mol. The van der Waals surface area contributed by atoms with Gasteiger partial charge in [0.2, 0.25) is 0 Å². The van der Waals surface area contributed by atoms with Crippen molar-refractivity contribution in [3.05, 3.63) is 107 Å². The van der Waals surface area contributed by atoms with Crippen LogP contribution in [0, 0.1) is 6.92 Å². The maximum atomic E-state index is 11.3. The van der Waals surface area contributed by atoms with E-state index in [-0.39, 0.29) is 0 Å². The summed E-state index contributed by atoms with van der Waals surface area (Å²) in [5.41, 5.74) is 7.30. The summed E-state index contributed by atoms with van der Waals surface area (Å²) in [6.07, 6.45) is 6.72. The minimum Gasteiger partial charge on any atom is -0.489 e. The number of carbonyl (C=O) groups is 1. The summed E-state index contributed by atoms with van der Waals surface area (Å²) in [6.45, 7) is 12.7. The van der Waals surface area contributed by atoms with Gasteiger partial charge in [-0.15, -0.1) is 0 Å². The Morgan fingerprint density at radius 3 is 2.64 bits per heavy atom. The highest BCUT2D eigenvalue weighted by molar-refractivity contribution is 5.87. The number of rotatable bonds is 9. The Labute approximate surface area is 197 Å². The fourth-order valence-electron chi connectivity index (χ4n) is 3.98. The third-order valence-electron chi connectivity index (χ3n) is 6.06. The lowest BCUT2D eigenvalue weighted by Crippen LogP contribution is -2.33. The van der Waals surface area contributed by atoms with Crippen LogP contribution in [0.15, 0.2) is 95.8 Å². The Morgan fingerprint density at radius 2 is 1.94 bits per heavy atom. The number of ether oxygens (including phenoxy) is 1. The molecule has 0 fully saturated rings. The molecule has 4 heteroatoms. The summed E-state index contributed by atoms with van der Waals surface area (Å²) in [5.74, 6) is -0.189. The van der Waals surface area contributed by atoms with Crippen LogP contribution in [0.5, 0.6) is 0 Å². The van der Waals surface area contributed by atoms with E-state index in [1.54, 1.807) is 0 Å². The van der Waals surface area contributed by atoms with Crippen LogP contribution in [-0.2, 0) is 16.1 Å². The molecule has 1 N–H and O–H groups in total. The zero-order valence-corrected chi connectivity index (χ0v) is 19.8. The average Bonchev–Trinajstić information content (AvgIpc) is 2.83. The maximum Gasteiger partial charge on any atom is 0.332 e. The molecule has 0 aliphatic carbocycles. The number of hydrogen-bond donors (Lipinski definition) is 1. The number of aliphatic carboxylic acids is 1. The number of hydrogen-bond acceptors (Lipinski definition) is 3. The first-order chi connectivity index (χ1) is 15.9. The molecule has 0 saturated carbocycles. The second-order valence-electron chi connectivity index (χ2n) is 8.39. The molecule has 2 aromatic rings. The fourth-order valence-corrected chi connectivity index (χ4v) is 3.98. The van der Waals surface area contributed by atoms with Crippen molar-refractivity contribution in [3.8, 4) is 11.1 Å². The van der Waals surface area contributed by atoms with Crippen molar-refractivity contribution < 1.29 is 14.6 Å². The van der Waals surface area contributed by atoms with Crippen LogP contribution in [0.4, 0.5) is 0 Å². The molecular weight excluding hydrogens is 410 g/mol. The van der Waals surface area contributed by atoms with E-state index >= 15 is 0 Å². The van der Waals surface area contributed by atoms with Crippen molar-refractivity contribution in [2.75, 3.05) is 19.6 Å². The van der Waals surface area contributed by atoms with Crippen LogP contribution < -0.4 is 0 Å². The van der Waals surface area contributed by atoms with E-state index in [0.717, 1.165) is 29.7 Å². The lowest BCUT2D eigenvalue weighted by molar-refractivity contribution is -0.133. The zero-order valence-electron chi connectivity index (χ0n) is 19.8. The van der Waals surface area contributed by atoms with Crippen LogP contribution in [0.1, 0.15) is 31.4 Å². The largest absolute Gasteiger partial charge is 0.489 e. The summed E-state index contributed by atoms with van der Waals surface area (Å²) >= 11 is 0. The van der Waals surface area contributed by atoms with E-state index in [1.165, 1.54) is 16.7 Å². The highest BCUT2D eigenvalue weighted by atomic mass is 16.5. The van der Waals surface area contributed by atoms with Crippen LogP contribution in [-0.4, -0.2) is 35.6 Å². The monoisotopic (exact) mass is 443 g/mol. The quantitative estimate of drug-likeness (QED) is 0.365. The summed E-state index contributed by atoms with van der Waals surface area (Å²) in [7, 11) is 0. The highest BCUT2D eigenvalue weighted by Crippen LogP contribution is 2.27. The summed E-state index contributed by atoms with van der Waals surface area (Å²) in [4.78, 5) is 13.4. The molecule has 2 aromatic carbocycles. The van der Waals surface area contributed by atoms with Crippen molar-refractivity contribution in [2.24, 2.45) is 0 Å². The first-order valence-electron chi connectivity index (χ1n) is 11.3. The van der Waals surface area contributed by atoms with Gasteiger partial charge in [0.05, 0.1) is 0 Å². The van der Waals surface area contributed by atoms with E-state index in [2.05, 4.69) is 73.0 Å². The Bertz CT molecular complexity index is 1090. The SMILES string of the molecule is C=C(OCc1cccc(-c2ccccc2)c1C)/C(C)=C\C(=C/C)CN1CCC=C(C(=O)O)C1. The van der Waals surface area contributed by atoms with Gasteiger partial charge >= 0.3 is 5.97 Å². The molecule has 1 heterocycles. The second kappa shape index (κ2) is 11.5. The molecule has 0 aromatic heterocycles. The third-order valence-corrected chi connectivity index (χ3v) is 6.06. The van der Waals surface area contributed by atoms with E-state index < -0.39 is 5.97 Å². The Balaban J connectivity index is 1.62. The molecule has 0 saturated heterocycles. The molecule has 4 nitrogen and oxygen atoms in total. The van der Waals surface area contributed by atoms with Gasteiger partial charge < -0.3 is 9.84 Å². The normalized spacial score (nSPS) is 15.2. The second-order valence-corrected chi connectivity index (χ2v) is 8.39. The summed E-state index contributed by atoms with van der Waals surface area (Å²) < 4.78 is 6.06. The Kier molecular flexibility index (Phi) is 8.45. The molecule has 172 valence electrons. The lowest BCUT2D eigenvalue weighted by Gasteiger charge is -2.26. The first kappa shape index (κ1) is 24.3. The number of nitrogens with zero attached hydrogens (tertiary/aromatic N) is 1. The van der Waals surface area contributed by atoms with Gasteiger partial charge in [-0.25, -0.2) is 4.79 Å². The summed E-state index contributed by atoms with van der Waals surface area (Å²) in [5, 5.41) is 9.27. The van der Waals surface area contributed by atoms with Crippen LogP contribution in [0.2, 0.25) is 0 Å². The highest BCUT2D eigenvalue weighted by Gasteiger charge is 2.17. The zero-order chi connectivity index (χ0) is 23.8. The van der Waals surface area contributed by atoms with Gasteiger partial charge in [0.25, 0.3) is 0 Å². The maximum absolute atomic E-state index is 11.3. The van der Waals surface area contributed by atoms with E-state index in [4.69, 9.17) is 4.74 Å². The molecule has 1 aliphatic rings. The molecule has 1 aliphatic heterocycles. The molecule has 3 rings (SSSR count). The minimum atomic E-state index is -0.832. The van der Waals surface area contributed by atoms with E-state index in [9.17, 15) is 9.90 Å². The van der Waals surface area contributed by atoms with Gasteiger partial charge in [0.1, 0.15) is 12.4 Å². The van der Waals surface area contributed by atoms with Crippen molar-refractivity contribution in [1.82, 2.24) is 4.90 Å². The third kappa shape index (κ3) is 6.56. The van der Waals surface area contributed by atoms with Crippen molar-refractivity contribution >= 4 is 5.97 Å². The van der Waals surface area contributed by atoms with Gasteiger partial charge in [-0.2, -0.15) is 0 Å².